The second kappa shape index (κ2) is 6.60. The van der Waals surface area contributed by atoms with Crippen LogP contribution in [0.5, 0.6) is 0 Å². The molecule has 0 saturated heterocycles. The van der Waals surface area contributed by atoms with E-state index in [1.165, 1.54) is 25.3 Å². The van der Waals surface area contributed by atoms with Crippen molar-refractivity contribution in [3.05, 3.63) is 58.4 Å². The fourth-order valence-corrected chi connectivity index (χ4v) is 4.95. The average molecular weight is 445 g/mol. The van der Waals surface area contributed by atoms with Crippen LogP contribution in [0.1, 0.15) is 23.0 Å². The lowest BCUT2D eigenvalue weighted by atomic mass is 9.86. The highest BCUT2D eigenvalue weighted by molar-refractivity contribution is 8.14. The first-order valence-electron chi connectivity index (χ1n) is 8.36. The van der Waals surface area contributed by atoms with E-state index in [-0.39, 0.29) is 16.5 Å². The summed E-state index contributed by atoms with van der Waals surface area (Å²) in [7, 11) is 0. The summed E-state index contributed by atoms with van der Waals surface area (Å²) in [6.45, 7) is 1.28. The predicted molar refractivity (Wildman–Crippen MR) is 102 cm³/mol. The van der Waals surface area contributed by atoms with Gasteiger partial charge in [-0.05, 0) is 25.1 Å². The molecule has 1 aromatic heterocycles. The third-order valence-corrected chi connectivity index (χ3v) is 6.37. The van der Waals surface area contributed by atoms with E-state index in [0.717, 1.165) is 12.1 Å². The molecule has 1 amide bonds. The monoisotopic (exact) mass is 444 g/mol. The van der Waals surface area contributed by atoms with Crippen molar-refractivity contribution in [2.24, 2.45) is 16.6 Å². The van der Waals surface area contributed by atoms with Crippen LogP contribution in [-0.4, -0.2) is 27.2 Å². The molecule has 1 aliphatic heterocycles. The van der Waals surface area contributed by atoms with Crippen LogP contribution < -0.4 is 11.1 Å². The van der Waals surface area contributed by atoms with Crippen molar-refractivity contribution >= 4 is 40.1 Å². The van der Waals surface area contributed by atoms with E-state index in [1.807, 2.05) is 0 Å². The Bertz CT molecular complexity index is 1050. The van der Waals surface area contributed by atoms with Gasteiger partial charge in [0.25, 0.3) is 11.8 Å². The van der Waals surface area contributed by atoms with Crippen LogP contribution in [0.2, 0.25) is 5.02 Å². The number of anilines is 1. The second-order valence-electron chi connectivity index (χ2n) is 6.92. The van der Waals surface area contributed by atoms with E-state index in [4.69, 9.17) is 17.3 Å². The maximum absolute atomic E-state index is 14.6. The third kappa shape index (κ3) is 3.24. The molecule has 0 spiro atoms. The van der Waals surface area contributed by atoms with Crippen molar-refractivity contribution in [3.8, 4) is 0 Å². The number of carbonyl (C=O) groups excluding carboxylic acids is 1. The van der Waals surface area contributed by atoms with Gasteiger partial charge in [0.15, 0.2) is 16.8 Å². The Hall–Kier alpha value is -2.33. The van der Waals surface area contributed by atoms with E-state index >= 15 is 0 Å². The van der Waals surface area contributed by atoms with Gasteiger partial charge in [-0.15, -0.1) is 0 Å². The van der Waals surface area contributed by atoms with Crippen LogP contribution in [0.25, 0.3) is 0 Å². The third-order valence-electron chi connectivity index (χ3n) is 4.97. The Balaban J connectivity index is 1.72. The number of carbonyl (C=O) groups is 1. The topological polar surface area (TPSA) is 80.4 Å². The molecule has 0 bridgehead atoms. The van der Waals surface area contributed by atoms with Gasteiger partial charge in [0.05, 0.1) is 21.7 Å². The number of amidine groups is 1. The van der Waals surface area contributed by atoms with Gasteiger partial charge in [0, 0.05) is 23.5 Å². The number of thioether (sulfide) groups is 1. The first-order valence-corrected chi connectivity index (χ1v) is 9.62. The minimum Gasteiger partial charge on any atom is -0.379 e. The second-order valence-corrected chi connectivity index (χ2v) is 8.52. The number of amides is 1. The van der Waals surface area contributed by atoms with Crippen LogP contribution in [0.4, 0.5) is 23.2 Å². The molecule has 4 rings (SSSR count). The molecule has 1 saturated carbocycles. The number of pyridine rings is 1. The minimum absolute atomic E-state index is 0.0167. The summed E-state index contributed by atoms with van der Waals surface area (Å²) in [6.07, 6.45) is 1.25. The highest BCUT2D eigenvalue weighted by atomic mass is 35.5. The Morgan fingerprint density at radius 1 is 1.31 bits per heavy atom. The largest absolute Gasteiger partial charge is 0.379 e. The van der Waals surface area contributed by atoms with Crippen molar-refractivity contribution in [2.75, 3.05) is 5.32 Å². The molecule has 2 heterocycles. The van der Waals surface area contributed by atoms with Gasteiger partial charge in [-0.25, -0.2) is 22.5 Å². The van der Waals surface area contributed by atoms with Gasteiger partial charge in [-0.2, -0.15) is 0 Å². The summed E-state index contributed by atoms with van der Waals surface area (Å²) in [5.74, 6) is -7.80. The maximum Gasteiger partial charge on any atom is 0.274 e. The quantitative estimate of drug-likeness (QED) is 0.696. The van der Waals surface area contributed by atoms with Crippen molar-refractivity contribution in [1.29, 1.82) is 0 Å². The molecule has 0 radical (unpaired) electrons. The summed E-state index contributed by atoms with van der Waals surface area (Å²) in [4.78, 5) is 20.2. The summed E-state index contributed by atoms with van der Waals surface area (Å²) in [5, 5.41) is 1.40. The number of aliphatic imine (C=N–C) groups is 1. The number of fused-ring (bicyclic) bond motifs is 1. The highest BCUT2D eigenvalue weighted by Crippen LogP contribution is 2.67. The molecule has 3 atom stereocenters. The summed E-state index contributed by atoms with van der Waals surface area (Å²) in [5.41, 5.74) is 3.31. The van der Waals surface area contributed by atoms with Crippen molar-refractivity contribution in [1.82, 2.24) is 4.98 Å². The van der Waals surface area contributed by atoms with E-state index in [2.05, 4.69) is 15.3 Å². The normalized spacial score (nSPS) is 27.0. The SMILES string of the molecule is C[C@@]1(c2cc(NC(=O)c3ccc(Cl)cn3)cc(F)c2F)N=C(N)S[C@@H]2[C@@H]1C2(F)F. The van der Waals surface area contributed by atoms with Crippen molar-refractivity contribution < 1.29 is 22.4 Å². The maximum atomic E-state index is 14.6. The van der Waals surface area contributed by atoms with E-state index in [9.17, 15) is 22.4 Å². The zero-order chi connectivity index (χ0) is 21.1. The van der Waals surface area contributed by atoms with Crippen LogP contribution in [0.15, 0.2) is 35.5 Å². The number of halogens is 5. The highest BCUT2D eigenvalue weighted by Gasteiger charge is 2.77. The van der Waals surface area contributed by atoms with E-state index in [0.29, 0.717) is 16.8 Å². The Kier molecular flexibility index (Phi) is 4.54. The first kappa shape index (κ1) is 20.0. The van der Waals surface area contributed by atoms with Gasteiger partial charge in [-0.1, -0.05) is 23.4 Å². The zero-order valence-electron chi connectivity index (χ0n) is 14.7. The first-order chi connectivity index (χ1) is 13.5. The number of nitrogens with two attached hydrogens (primary N) is 1. The van der Waals surface area contributed by atoms with Crippen molar-refractivity contribution in [3.63, 3.8) is 0 Å². The van der Waals surface area contributed by atoms with Crippen molar-refractivity contribution in [2.45, 2.75) is 23.6 Å². The molecule has 0 unspecified atom stereocenters. The molecule has 29 heavy (non-hydrogen) atoms. The van der Waals surface area contributed by atoms with Crippen LogP contribution >= 0.6 is 23.4 Å². The zero-order valence-corrected chi connectivity index (χ0v) is 16.3. The molecule has 5 nitrogen and oxygen atoms in total. The lowest BCUT2D eigenvalue weighted by Gasteiger charge is -2.29. The van der Waals surface area contributed by atoms with Crippen LogP contribution in [-0.2, 0) is 5.54 Å². The Morgan fingerprint density at radius 2 is 2.03 bits per heavy atom. The molecular weight excluding hydrogens is 432 g/mol. The molecule has 3 N–H and O–H groups in total. The smallest absolute Gasteiger partial charge is 0.274 e. The molecule has 152 valence electrons. The number of hydrogen-bond acceptors (Lipinski definition) is 5. The number of aromatic nitrogens is 1. The molecule has 1 aromatic carbocycles. The summed E-state index contributed by atoms with van der Waals surface area (Å²) in [6, 6.07) is 4.62. The summed E-state index contributed by atoms with van der Waals surface area (Å²) < 4.78 is 57.3. The van der Waals surface area contributed by atoms with E-state index in [1.54, 1.807) is 0 Å². The minimum atomic E-state index is -3.13. The number of benzene rings is 1. The number of nitrogens with zero attached hydrogens (tertiary/aromatic N) is 2. The van der Waals surface area contributed by atoms with Gasteiger partial charge in [0.2, 0.25) is 0 Å². The predicted octanol–water partition coefficient (Wildman–Crippen LogP) is 4.18. The van der Waals surface area contributed by atoms with Gasteiger partial charge >= 0.3 is 0 Å². The molecule has 11 heteroatoms. The number of alkyl halides is 2. The molecule has 1 fully saturated rings. The Labute approximate surface area is 171 Å². The molecule has 2 aromatic rings. The van der Waals surface area contributed by atoms with Crippen LogP contribution in [0.3, 0.4) is 0 Å². The summed E-state index contributed by atoms with van der Waals surface area (Å²) >= 11 is 6.43. The van der Waals surface area contributed by atoms with Gasteiger partial charge in [0.1, 0.15) is 5.69 Å². The Morgan fingerprint density at radius 3 is 2.69 bits per heavy atom. The van der Waals surface area contributed by atoms with Crippen LogP contribution in [0, 0.1) is 17.6 Å². The lowest BCUT2D eigenvalue weighted by molar-refractivity contribution is 0.0817. The lowest BCUT2D eigenvalue weighted by Crippen LogP contribution is -2.33. The average Bonchev–Trinajstić information content (AvgIpc) is 3.19. The molecule has 2 aliphatic rings. The fourth-order valence-electron chi connectivity index (χ4n) is 3.53. The number of rotatable bonds is 3. The number of hydrogen-bond donors (Lipinski definition) is 2. The standard InChI is InChI=1S/C18H13ClF4N4OS/c1-17(13-14(18(13,22)23)29-16(24)27-17)9-4-8(5-10(20)12(9)21)26-15(28)11-3-2-7(19)6-25-11/h2-6,13-14H,1H3,(H2,24,27)(H,26,28)/t13-,14+,17-/m0/s1. The fraction of sp³-hybridized carbons (Fsp3) is 0.278. The van der Waals surface area contributed by atoms with Gasteiger partial charge < -0.3 is 11.1 Å². The molecular formula is C18H13ClF4N4OS. The molecule has 1 aliphatic carbocycles. The number of nitrogens with one attached hydrogen (secondary N) is 1. The van der Waals surface area contributed by atoms with Gasteiger partial charge in [-0.3, -0.25) is 9.79 Å². The van der Waals surface area contributed by atoms with E-state index < -0.39 is 45.7 Å².